The van der Waals surface area contributed by atoms with Crippen LogP contribution in [0.5, 0.6) is 0 Å². The van der Waals surface area contributed by atoms with E-state index in [0.717, 1.165) is 24.2 Å². The lowest BCUT2D eigenvalue weighted by Crippen LogP contribution is -2.28. The Bertz CT molecular complexity index is 571. The monoisotopic (exact) mass is 450 g/mol. The SMILES string of the molecule is CCCCC[SiH]1CCC(C2CCC(CCCCc3ccc(C(F)Cl)cc3)CC2)CC1. The van der Waals surface area contributed by atoms with E-state index in [0.29, 0.717) is 5.56 Å². The molecule has 3 rings (SSSR count). The number of benzene rings is 1. The summed E-state index contributed by atoms with van der Waals surface area (Å²) in [4.78, 5) is 0. The van der Waals surface area contributed by atoms with Crippen LogP contribution in [-0.2, 0) is 6.42 Å². The molecule has 2 fully saturated rings. The van der Waals surface area contributed by atoms with Crippen molar-refractivity contribution in [3.8, 4) is 0 Å². The normalized spacial score (nSPS) is 28.4. The number of hydrogen-bond acceptors (Lipinski definition) is 0. The van der Waals surface area contributed by atoms with Crippen molar-refractivity contribution in [1.29, 1.82) is 0 Å². The van der Waals surface area contributed by atoms with Gasteiger partial charge in [-0.2, -0.15) is 0 Å². The molecule has 0 amide bonds. The number of alkyl halides is 2. The summed E-state index contributed by atoms with van der Waals surface area (Å²) in [6, 6.07) is 12.7. The summed E-state index contributed by atoms with van der Waals surface area (Å²) < 4.78 is 13.1. The lowest BCUT2D eigenvalue weighted by atomic mass is 9.73. The van der Waals surface area contributed by atoms with E-state index in [-0.39, 0.29) is 8.80 Å². The summed E-state index contributed by atoms with van der Waals surface area (Å²) in [5.41, 5.74) is 0.509. The van der Waals surface area contributed by atoms with Gasteiger partial charge in [-0.15, -0.1) is 0 Å². The third-order valence-electron chi connectivity index (χ3n) is 8.22. The molecule has 1 saturated heterocycles. The lowest BCUT2D eigenvalue weighted by molar-refractivity contribution is 0.184. The summed E-state index contributed by atoms with van der Waals surface area (Å²) in [7, 11) is -0.342. The van der Waals surface area contributed by atoms with E-state index in [1.807, 2.05) is 24.3 Å². The molecule has 1 aliphatic heterocycles. The molecule has 0 nitrogen and oxygen atoms in total. The molecule has 1 heterocycles. The molecule has 1 aromatic carbocycles. The fraction of sp³-hybridized carbons (Fsp3) is 0.778. The van der Waals surface area contributed by atoms with Gasteiger partial charge in [-0.05, 0) is 49.0 Å². The Balaban J connectivity index is 1.25. The van der Waals surface area contributed by atoms with Crippen molar-refractivity contribution in [3.63, 3.8) is 0 Å². The Morgan fingerprint density at radius 3 is 2.20 bits per heavy atom. The highest BCUT2D eigenvalue weighted by molar-refractivity contribution is 6.58. The van der Waals surface area contributed by atoms with Crippen LogP contribution >= 0.6 is 11.6 Å². The van der Waals surface area contributed by atoms with E-state index in [1.54, 1.807) is 31.0 Å². The predicted octanol–water partition coefficient (Wildman–Crippen LogP) is 9.24. The average molecular weight is 451 g/mol. The molecule has 0 N–H and O–H groups in total. The molecule has 2 aliphatic rings. The molecule has 1 aromatic rings. The van der Waals surface area contributed by atoms with Crippen LogP contribution in [0.3, 0.4) is 0 Å². The van der Waals surface area contributed by atoms with Gasteiger partial charge in [0.25, 0.3) is 0 Å². The van der Waals surface area contributed by atoms with Crippen molar-refractivity contribution < 1.29 is 4.39 Å². The highest BCUT2D eigenvalue weighted by Gasteiger charge is 2.30. The van der Waals surface area contributed by atoms with E-state index in [4.69, 9.17) is 11.6 Å². The molecule has 3 heteroatoms. The number of unbranched alkanes of at least 4 members (excludes halogenated alkanes) is 3. The molecule has 1 unspecified atom stereocenters. The molecule has 1 aliphatic carbocycles. The minimum atomic E-state index is -1.38. The molecule has 1 saturated carbocycles. The van der Waals surface area contributed by atoms with Gasteiger partial charge in [-0.1, -0.05) is 119 Å². The maximum atomic E-state index is 13.1. The Labute approximate surface area is 192 Å². The van der Waals surface area contributed by atoms with Crippen LogP contribution in [0.4, 0.5) is 4.39 Å². The number of aryl methyl sites for hydroxylation is 1. The van der Waals surface area contributed by atoms with Crippen molar-refractivity contribution in [2.24, 2.45) is 17.8 Å². The quantitative estimate of drug-likeness (QED) is 0.179. The van der Waals surface area contributed by atoms with Crippen molar-refractivity contribution in [2.45, 2.75) is 114 Å². The van der Waals surface area contributed by atoms with Gasteiger partial charge in [-0.3, -0.25) is 0 Å². The van der Waals surface area contributed by atoms with E-state index in [9.17, 15) is 4.39 Å². The van der Waals surface area contributed by atoms with Crippen LogP contribution in [-0.4, -0.2) is 8.80 Å². The minimum Gasteiger partial charge on any atom is -0.225 e. The first-order valence-electron chi connectivity index (χ1n) is 13.0. The second kappa shape index (κ2) is 13.3. The maximum absolute atomic E-state index is 13.1. The van der Waals surface area contributed by atoms with Gasteiger partial charge in [-0.25, -0.2) is 4.39 Å². The van der Waals surface area contributed by atoms with Crippen LogP contribution in [0.1, 0.15) is 101 Å². The van der Waals surface area contributed by atoms with Crippen LogP contribution in [0.25, 0.3) is 0 Å². The third kappa shape index (κ3) is 7.97. The van der Waals surface area contributed by atoms with E-state index in [2.05, 4.69) is 6.92 Å². The second-order valence-corrected chi connectivity index (χ2v) is 14.2. The molecule has 0 spiro atoms. The molecular formula is C27H44ClFSi. The standard InChI is InChI=1S/C27H44ClFSi/c1-2-3-6-19-30-20-17-25(18-21-30)24-13-9-22(10-14-24)7-4-5-8-23-11-15-26(16-12-23)27(28)29/h11-12,15-16,22,24-25,27,30H,2-10,13-14,17-21H2,1H3. The van der Waals surface area contributed by atoms with Crippen molar-refractivity contribution in [3.05, 3.63) is 35.4 Å². The summed E-state index contributed by atoms with van der Waals surface area (Å²) in [6.07, 6.45) is 18.7. The first-order chi connectivity index (χ1) is 14.7. The van der Waals surface area contributed by atoms with Crippen molar-refractivity contribution in [2.75, 3.05) is 0 Å². The summed E-state index contributed by atoms with van der Waals surface area (Å²) in [5, 5.41) is 0. The fourth-order valence-corrected chi connectivity index (χ4v) is 9.85. The molecule has 0 radical (unpaired) electrons. The van der Waals surface area contributed by atoms with Gasteiger partial charge in [0.05, 0.1) is 0 Å². The lowest BCUT2D eigenvalue weighted by Gasteiger charge is -2.37. The van der Waals surface area contributed by atoms with Crippen LogP contribution < -0.4 is 0 Å². The van der Waals surface area contributed by atoms with Crippen LogP contribution in [0, 0.1) is 17.8 Å². The van der Waals surface area contributed by atoms with Crippen LogP contribution in [0.2, 0.25) is 18.1 Å². The highest BCUT2D eigenvalue weighted by atomic mass is 35.5. The largest absolute Gasteiger partial charge is 0.225 e. The summed E-state index contributed by atoms with van der Waals surface area (Å²) in [6.45, 7) is 2.33. The Morgan fingerprint density at radius 1 is 0.900 bits per heavy atom. The van der Waals surface area contributed by atoms with E-state index in [1.165, 1.54) is 69.8 Å². The zero-order valence-corrected chi connectivity index (χ0v) is 21.2. The number of hydrogen-bond donors (Lipinski definition) is 0. The Hall–Kier alpha value is -0.343. The summed E-state index contributed by atoms with van der Waals surface area (Å²) >= 11 is 5.49. The number of halogens is 2. The molecule has 0 bridgehead atoms. The smallest absolute Gasteiger partial charge is 0.198 e. The minimum absolute atomic E-state index is 0.342. The molecule has 1 atom stereocenters. The van der Waals surface area contributed by atoms with E-state index < -0.39 is 5.63 Å². The fourth-order valence-electron chi connectivity index (χ4n) is 6.17. The molecule has 0 aromatic heterocycles. The predicted molar refractivity (Wildman–Crippen MR) is 133 cm³/mol. The van der Waals surface area contributed by atoms with Gasteiger partial charge < -0.3 is 0 Å². The molecule has 170 valence electrons. The van der Waals surface area contributed by atoms with Gasteiger partial charge in [0.2, 0.25) is 0 Å². The van der Waals surface area contributed by atoms with Gasteiger partial charge >= 0.3 is 0 Å². The highest BCUT2D eigenvalue weighted by Crippen LogP contribution is 2.42. The topological polar surface area (TPSA) is 0 Å². The van der Waals surface area contributed by atoms with Gasteiger partial charge in [0.15, 0.2) is 5.63 Å². The van der Waals surface area contributed by atoms with E-state index >= 15 is 0 Å². The first kappa shape index (κ1) is 24.3. The second-order valence-electron chi connectivity index (χ2n) is 10.3. The number of rotatable bonds is 11. The van der Waals surface area contributed by atoms with Gasteiger partial charge in [0, 0.05) is 14.4 Å². The zero-order valence-electron chi connectivity index (χ0n) is 19.3. The van der Waals surface area contributed by atoms with Crippen molar-refractivity contribution >= 4 is 20.4 Å². The van der Waals surface area contributed by atoms with Crippen LogP contribution in [0.15, 0.2) is 24.3 Å². The molecule has 30 heavy (non-hydrogen) atoms. The van der Waals surface area contributed by atoms with Crippen molar-refractivity contribution in [1.82, 2.24) is 0 Å². The summed E-state index contributed by atoms with van der Waals surface area (Å²) in [5.74, 6) is 3.12. The first-order valence-corrected chi connectivity index (χ1v) is 15.9. The Morgan fingerprint density at radius 2 is 1.57 bits per heavy atom. The Kier molecular flexibility index (Phi) is 10.7. The zero-order chi connectivity index (χ0) is 21.2. The molecular weight excluding hydrogens is 407 g/mol. The maximum Gasteiger partial charge on any atom is 0.198 e. The van der Waals surface area contributed by atoms with Gasteiger partial charge in [0.1, 0.15) is 0 Å². The average Bonchev–Trinajstić information content (AvgIpc) is 2.78. The third-order valence-corrected chi connectivity index (χ3v) is 12.0.